The quantitative estimate of drug-likeness (QED) is 0.541. The fourth-order valence-corrected chi connectivity index (χ4v) is 0.760. The third kappa shape index (κ3) is 15.6. The SMILES string of the molecule is CC(C)[NH3+].CCCCC(NC=O)C(=O)[O-]. The number of hydrogen-bond acceptors (Lipinski definition) is 3. The molecule has 0 saturated carbocycles. The lowest BCUT2D eigenvalue weighted by molar-refractivity contribution is -0.407. The number of carbonyl (C=O) groups excluding carboxylic acids is 2. The molecule has 0 heterocycles. The summed E-state index contributed by atoms with van der Waals surface area (Å²) in [4.78, 5) is 20.1. The molecule has 5 nitrogen and oxygen atoms in total. The maximum Gasteiger partial charge on any atom is 0.207 e. The smallest absolute Gasteiger partial charge is 0.207 e. The molecule has 1 amide bonds. The molecule has 0 spiro atoms. The zero-order chi connectivity index (χ0) is 12.3. The van der Waals surface area contributed by atoms with Crippen molar-refractivity contribution < 1.29 is 20.4 Å². The van der Waals surface area contributed by atoms with Gasteiger partial charge in [0.05, 0.1) is 18.1 Å². The number of amides is 1. The summed E-state index contributed by atoms with van der Waals surface area (Å²) < 4.78 is 0. The maximum absolute atomic E-state index is 10.3. The molecule has 0 bridgehead atoms. The number of nitrogens with one attached hydrogen (secondary N) is 1. The van der Waals surface area contributed by atoms with E-state index in [0.29, 0.717) is 18.9 Å². The van der Waals surface area contributed by atoms with Gasteiger partial charge in [-0.3, -0.25) is 4.79 Å². The van der Waals surface area contributed by atoms with Crippen molar-refractivity contribution in [1.29, 1.82) is 0 Å². The van der Waals surface area contributed by atoms with Crippen LogP contribution in [-0.4, -0.2) is 24.5 Å². The molecule has 0 fully saturated rings. The van der Waals surface area contributed by atoms with Gasteiger partial charge in [0.15, 0.2) is 0 Å². The second-order valence-electron chi connectivity index (χ2n) is 3.69. The van der Waals surface area contributed by atoms with Crippen LogP contribution in [0.25, 0.3) is 0 Å². The van der Waals surface area contributed by atoms with Crippen molar-refractivity contribution in [3.05, 3.63) is 0 Å². The summed E-state index contributed by atoms with van der Waals surface area (Å²) in [5, 5.41) is 12.4. The standard InChI is InChI=1S/C7H13NO3.C3H9N/c1-2-3-4-6(7(10)11)8-5-9;1-3(2)4/h5-6H,2-4H2,1H3,(H,8,9)(H,10,11);3H,4H2,1-2H3. The predicted octanol–water partition coefficient (Wildman–Crippen LogP) is -1.32. The van der Waals surface area contributed by atoms with E-state index in [4.69, 9.17) is 0 Å². The highest BCUT2D eigenvalue weighted by Crippen LogP contribution is 1.98. The van der Waals surface area contributed by atoms with Crippen molar-refractivity contribution in [3.63, 3.8) is 0 Å². The molecule has 1 atom stereocenters. The predicted molar refractivity (Wildman–Crippen MR) is 55.5 cm³/mol. The second kappa shape index (κ2) is 11.0. The first-order valence-electron chi connectivity index (χ1n) is 5.19. The molecule has 90 valence electrons. The third-order valence-corrected chi connectivity index (χ3v) is 1.40. The van der Waals surface area contributed by atoms with Crippen molar-refractivity contribution >= 4 is 12.4 Å². The molecule has 1 unspecified atom stereocenters. The minimum Gasteiger partial charge on any atom is -0.548 e. The van der Waals surface area contributed by atoms with Crippen LogP contribution in [0.2, 0.25) is 0 Å². The second-order valence-corrected chi connectivity index (χ2v) is 3.69. The van der Waals surface area contributed by atoms with Gasteiger partial charge in [0.25, 0.3) is 0 Å². The molecule has 0 aromatic rings. The lowest BCUT2D eigenvalue weighted by Crippen LogP contribution is -2.57. The van der Waals surface area contributed by atoms with Crippen molar-refractivity contribution in [2.24, 2.45) is 0 Å². The summed E-state index contributed by atoms with van der Waals surface area (Å²) in [7, 11) is 0. The number of rotatable bonds is 6. The highest BCUT2D eigenvalue weighted by atomic mass is 16.4. The summed E-state index contributed by atoms with van der Waals surface area (Å²) in [5.41, 5.74) is 3.64. The lowest BCUT2D eigenvalue weighted by atomic mass is 10.1. The van der Waals surface area contributed by atoms with Gasteiger partial charge in [0.1, 0.15) is 0 Å². The van der Waals surface area contributed by atoms with Crippen LogP contribution in [0.5, 0.6) is 0 Å². The Morgan fingerprint density at radius 3 is 2.27 bits per heavy atom. The monoisotopic (exact) mass is 218 g/mol. The highest BCUT2D eigenvalue weighted by Gasteiger charge is 2.05. The Kier molecular flexibility index (Phi) is 12.0. The molecule has 4 N–H and O–H groups in total. The first kappa shape index (κ1) is 16.3. The Morgan fingerprint density at radius 1 is 1.53 bits per heavy atom. The number of aliphatic carboxylic acids is 1. The summed E-state index contributed by atoms with van der Waals surface area (Å²) in [6.07, 6.45) is 2.51. The summed E-state index contributed by atoms with van der Waals surface area (Å²) in [6, 6.07) is -0.243. The van der Waals surface area contributed by atoms with Crippen LogP contribution in [-0.2, 0) is 9.59 Å². The van der Waals surface area contributed by atoms with Crippen LogP contribution in [0.3, 0.4) is 0 Å². The van der Waals surface area contributed by atoms with E-state index in [1.807, 2.05) is 6.92 Å². The van der Waals surface area contributed by atoms with Gasteiger partial charge in [-0.2, -0.15) is 0 Å². The molecule has 0 saturated heterocycles. The fourth-order valence-electron chi connectivity index (χ4n) is 0.760. The minimum atomic E-state index is -1.22. The average molecular weight is 218 g/mol. The van der Waals surface area contributed by atoms with Crippen LogP contribution >= 0.6 is 0 Å². The minimum absolute atomic E-state index is 0.385. The van der Waals surface area contributed by atoms with Crippen molar-refractivity contribution in [1.82, 2.24) is 5.32 Å². The van der Waals surface area contributed by atoms with Gasteiger partial charge >= 0.3 is 0 Å². The zero-order valence-corrected chi connectivity index (χ0v) is 9.79. The molecule has 0 aliphatic carbocycles. The van der Waals surface area contributed by atoms with E-state index in [1.54, 1.807) is 0 Å². The number of hydrogen-bond donors (Lipinski definition) is 2. The van der Waals surface area contributed by atoms with E-state index >= 15 is 0 Å². The van der Waals surface area contributed by atoms with Crippen LogP contribution in [0.4, 0.5) is 0 Å². The van der Waals surface area contributed by atoms with E-state index in [9.17, 15) is 14.7 Å². The summed E-state index contributed by atoms with van der Waals surface area (Å²) in [5.74, 6) is -1.22. The molecule has 0 aliphatic heterocycles. The van der Waals surface area contributed by atoms with Crippen LogP contribution in [0, 0.1) is 0 Å². The number of carboxylic acid groups (broad SMARTS) is 1. The zero-order valence-electron chi connectivity index (χ0n) is 9.79. The Hall–Kier alpha value is -1.10. The largest absolute Gasteiger partial charge is 0.548 e. The van der Waals surface area contributed by atoms with Crippen LogP contribution < -0.4 is 16.2 Å². The van der Waals surface area contributed by atoms with Crippen molar-refractivity contribution in [2.75, 3.05) is 0 Å². The highest BCUT2D eigenvalue weighted by molar-refractivity contribution is 5.74. The third-order valence-electron chi connectivity index (χ3n) is 1.40. The van der Waals surface area contributed by atoms with Gasteiger partial charge in [0.2, 0.25) is 6.41 Å². The first-order valence-corrected chi connectivity index (χ1v) is 5.19. The Bertz CT molecular complexity index is 169. The van der Waals surface area contributed by atoms with E-state index in [0.717, 1.165) is 12.8 Å². The number of carbonyl (C=O) groups is 2. The van der Waals surface area contributed by atoms with Crippen LogP contribution in [0.1, 0.15) is 40.0 Å². The van der Waals surface area contributed by atoms with Gasteiger partial charge in [-0.05, 0) is 20.3 Å². The lowest BCUT2D eigenvalue weighted by Gasteiger charge is -2.15. The van der Waals surface area contributed by atoms with E-state index in [-0.39, 0.29) is 0 Å². The molecule has 0 aromatic heterocycles. The van der Waals surface area contributed by atoms with Gasteiger partial charge < -0.3 is 21.0 Å². The van der Waals surface area contributed by atoms with Gasteiger partial charge in [-0.15, -0.1) is 0 Å². The van der Waals surface area contributed by atoms with Gasteiger partial charge in [-0.25, -0.2) is 0 Å². The van der Waals surface area contributed by atoms with Gasteiger partial charge in [0, 0.05) is 0 Å². The van der Waals surface area contributed by atoms with E-state index < -0.39 is 12.0 Å². The molecule has 0 aromatic carbocycles. The number of unbranched alkanes of at least 4 members (excludes halogenated alkanes) is 1. The van der Waals surface area contributed by atoms with Gasteiger partial charge in [-0.1, -0.05) is 19.8 Å². The topological polar surface area (TPSA) is 96.9 Å². The Labute approximate surface area is 91.0 Å². The molecular formula is C10H22N2O3. The Morgan fingerprint density at radius 2 is 2.00 bits per heavy atom. The molecular weight excluding hydrogens is 196 g/mol. The molecule has 15 heavy (non-hydrogen) atoms. The first-order chi connectivity index (χ1) is 6.95. The van der Waals surface area contributed by atoms with Crippen molar-refractivity contribution in [3.8, 4) is 0 Å². The molecule has 0 aliphatic rings. The summed E-state index contributed by atoms with van der Waals surface area (Å²) >= 11 is 0. The molecule has 0 radical (unpaired) electrons. The number of quaternary nitrogens is 1. The number of carboxylic acids is 1. The summed E-state index contributed by atoms with van der Waals surface area (Å²) in [6.45, 7) is 6.06. The fraction of sp³-hybridized carbons (Fsp3) is 0.800. The maximum atomic E-state index is 10.3. The van der Waals surface area contributed by atoms with E-state index in [2.05, 4.69) is 24.9 Å². The average Bonchev–Trinajstić information content (AvgIpc) is 2.10. The Balaban J connectivity index is 0. The van der Waals surface area contributed by atoms with Crippen LogP contribution in [0.15, 0.2) is 0 Å². The molecule has 0 rings (SSSR count). The van der Waals surface area contributed by atoms with Crippen molar-refractivity contribution in [2.45, 2.75) is 52.1 Å². The van der Waals surface area contributed by atoms with E-state index in [1.165, 1.54) is 0 Å². The molecule has 5 heteroatoms. The normalized spacial score (nSPS) is 11.3.